The highest BCUT2D eigenvalue weighted by Crippen LogP contribution is 2.21. The third-order valence-electron chi connectivity index (χ3n) is 3.40. The normalized spacial score (nSPS) is 11.2. The van der Waals surface area contributed by atoms with Crippen LogP contribution in [-0.2, 0) is 13.6 Å². The Labute approximate surface area is 126 Å². The van der Waals surface area contributed by atoms with Gasteiger partial charge in [-0.1, -0.05) is 18.5 Å². The molecular weight excluding hydrogens is 288 g/mol. The Morgan fingerprint density at radius 3 is 2.62 bits per heavy atom. The van der Waals surface area contributed by atoms with Gasteiger partial charge in [0.05, 0.1) is 6.20 Å². The summed E-state index contributed by atoms with van der Waals surface area (Å²) in [7, 11) is 1.75. The molecule has 2 aromatic heterocycles. The Morgan fingerprint density at radius 1 is 1.24 bits per heavy atom. The molecule has 0 radical (unpaired) electrons. The Kier molecular flexibility index (Phi) is 3.51. The fraction of sp³-hybridized carbons (Fsp3) is 0.267. The first-order chi connectivity index (χ1) is 10.1. The van der Waals surface area contributed by atoms with E-state index in [1.165, 1.54) is 0 Å². The molecule has 0 aliphatic carbocycles. The van der Waals surface area contributed by atoms with E-state index in [4.69, 9.17) is 11.6 Å². The molecule has 0 bridgehead atoms. The molecule has 0 atom stereocenters. The Hall–Kier alpha value is -2.14. The number of hydrogen-bond acceptors (Lipinski definition) is 3. The summed E-state index contributed by atoms with van der Waals surface area (Å²) in [5.74, 6) is 0.652. The van der Waals surface area contributed by atoms with Crippen molar-refractivity contribution < 1.29 is 0 Å². The van der Waals surface area contributed by atoms with Crippen LogP contribution in [0.15, 0.2) is 35.3 Å². The summed E-state index contributed by atoms with van der Waals surface area (Å²) in [6.45, 7) is 2.65. The number of nitrogens with zero attached hydrogens (tertiary/aromatic N) is 4. The lowest BCUT2D eigenvalue weighted by atomic mass is 10.2. The van der Waals surface area contributed by atoms with E-state index in [0.717, 1.165) is 12.0 Å². The molecule has 0 aliphatic heterocycles. The van der Waals surface area contributed by atoms with Crippen LogP contribution in [-0.4, -0.2) is 19.3 Å². The molecule has 0 unspecified atom stereocenters. The highest BCUT2D eigenvalue weighted by atomic mass is 35.5. The molecule has 3 rings (SSSR count). The first-order valence-corrected chi connectivity index (χ1v) is 7.18. The lowest BCUT2D eigenvalue weighted by Crippen LogP contribution is -2.24. The minimum atomic E-state index is -0.0631. The minimum Gasteiger partial charge on any atom is -0.291 e. The molecule has 6 heteroatoms. The maximum absolute atomic E-state index is 12.7. The second kappa shape index (κ2) is 5.33. The van der Waals surface area contributed by atoms with Gasteiger partial charge in [-0.05, 0) is 30.7 Å². The zero-order valence-electron chi connectivity index (χ0n) is 11.9. The number of benzene rings is 1. The second-order valence-electron chi connectivity index (χ2n) is 4.90. The molecule has 21 heavy (non-hydrogen) atoms. The Morgan fingerprint density at radius 2 is 1.95 bits per heavy atom. The summed E-state index contributed by atoms with van der Waals surface area (Å²) >= 11 is 5.93. The van der Waals surface area contributed by atoms with E-state index in [2.05, 4.69) is 10.1 Å². The quantitative estimate of drug-likeness (QED) is 0.747. The molecule has 1 aromatic carbocycles. The second-order valence-corrected chi connectivity index (χ2v) is 5.34. The van der Waals surface area contributed by atoms with Gasteiger partial charge in [0.2, 0.25) is 0 Å². The molecule has 0 saturated heterocycles. The van der Waals surface area contributed by atoms with E-state index in [1.807, 2.05) is 19.1 Å². The van der Waals surface area contributed by atoms with E-state index in [1.54, 1.807) is 34.6 Å². The number of halogens is 1. The highest BCUT2D eigenvalue weighted by Gasteiger charge is 2.15. The van der Waals surface area contributed by atoms with Gasteiger partial charge in [0.15, 0.2) is 5.52 Å². The third-order valence-corrected chi connectivity index (χ3v) is 3.65. The van der Waals surface area contributed by atoms with Crippen LogP contribution in [0.1, 0.15) is 13.3 Å². The average Bonchev–Trinajstić information content (AvgIpc) is 2.84. The molecule has 0 N–H and O–H groups in total. The van der Waals surface area contributed by atoms with Crippen LogP contribution in [0, 0.1) is 0 Å². The fourth-order valence-corrected chi connectivity index (χ4v) is 2.53. The number of rotatable bonds is 3. The Balaban J connectivity index is 2.32. The zero-order chi connectivity index (χ0) is 15.0. The molecule has 2 heterocycles. The number of hydrogen-bond donors (Lipinski definition) is 0. The molecule has 0 saturated carbocycles. The van der Waals surface area contributed by atoms with Crippen LogP contribution >= 0.6 is 11.6 Å². The average molecular weight is 303 g/mol. The van der Waals surface area contributed by atoms with E-state index in [9.17, 15) is 4.79 Å². The summed E-state index contributed by atoms with van der Waals surface area (Å²) in [6, 6.07) is 7.34. The maximum Gasteiger partial charge on any atom is 0.279 e. The van der Waals surface area contributed by atoms with E-state index in [0.29, 0.717) is 28.4 Å². The van der Waals surface area contributed by atoms with Gasteiger partial charge in [-0.2, -0.15) is 5.10 Å². The van der Waals surface area contributed by atoms with Crippen molar-refractivity contribution in [2.45, 2.75) is 19.9 Å². The van der Waals surface area contributed by atoms with Crippen LogP contribution in [0.5, 0.6) is 0 Å². The van der Waals surface area contributed by atoms with Gasteiger partial charge < -0.3 is 0 Å². The van der Waals surface area contributed by atoms with Gasteiger partial charge >= 0.3 is 0 Å². The van der Waals surface area contributed by atoms with Crippen molar-refractivity contribution in [1.82, 2.24) is 19.3 Å². The molecule has 3 aromatic rings. The largest absolute Gasteiger partial charge is 0.291 e. The first kappa shape index (κ1) is 13.8. The summed E-state index contributed by atoms with van der Waals surface area (Å²) < 4.78 is 3.27. The van der Waals surface area contributed by atoms with Crippen LogP contribution in [0.2, 0.25) is 5.02 Å². The van der Waals surface area contributed by atoms with Crippen molar-refractivity contribution in [3.63, 3.8) is 0 Å². The zero-order valence-corrected chi connectivity index (χ0v) is 12.6. The van der Waals surface area contributed by atoms with Gasteiger partial charge in [0.25, 0.3) is 5.56 Å². The topological polar surface area (TPSA) is 52.7 Å². The monoisotopic (exact) mass is 302 g/mol. The number of fused-ring (bicyclic) bond motifs is 1. The van der Waals surface area contributed by atoms with E-state index < -0.39 is 0 Å². The predicted octanol–water partition coefficient (Wildman–Crippen LogP) is 2.86. The van der Waals surface area contributed by atoms with Crippen LogP contribution in [0.25, 0.3) is 22.4 Å². The number of aryl methyl sites for hydroxylation is 1. The lowest BCUT2D eigenvalue weighted by Gasteiger charge is -2.12. The van der Waals surface area contributed by atoms with Crippen molar-refractivity contribution >= 4 is 22.6 Å². The predicted molar refractivity (Wildman–Crippen MR) is 83.5 cm³/mol. The summed E-state index contributed by atoms with van der Waals surface area (Å²) in [4.78, 5) is 17.3. The van der Waals surface area contributed by atoms with Crippen molar-refractivity contribution in [2.24, 2.45) is 7.05 Å². The van der Waals surface area contributed by atoms with Gasteiger partial charge in [0, 0.05) is 24.2 Å². The lowest BCUT2D eigenvalue weighted by molar-refractivity contribution is 0.650. The highest BCUT2D eigenvalue weighted by molar-refractivity contribution is 6.30. The molecule has 0 aliphatic rings. The summed E-state index contributed by atoms with van der Waals surface area (Å²) in [6.07, 6.45) is 2.47. The molecule has 5 nitrogen and oxygen atoms in total. The van der Waals surface area contributed by atoms with Crippen molar-refractivity contribution in [3.05, 3.63) is 45.8 Å². The minimum absolute atomic E-state index is 0.0631. The van der Waals surface area contributed by atoms with Gasteiger partial charge in [-0.15, -0.1) is 0 Å². The molecule has 0 fully saturated rings. The molecular formula is C15H15ClN4O. The SMILES string of the molecule is CCCn1c(-c2ccc(Cl)cc2)nc2cnn(C)c2c1=O. The smallest absolute Gasteiger partial charge is 0.279 e. The molecule has 0 spiro atoms. The molecule has 108 valence electrons. The van der Waals surface area contributed by atoms with Crippen molar-refractivity contribution in [1.29, 1.82) is 0 Å². The van der Waals surface area contributed by atoms with Crippen LogP contribution < -0.4 is 5.56 Å². The Bertz CT molecular complexity index is 848. The van der Waals surface area contributed by atoms with Crippen LogP contribution in [0.4, 0.5) is 0 Å². The van der Waals surface area contributed by atoms with Crippen molar-refractivity contribution in [2.75, 3.05) is 0 Å². The van der Waals surface area contributed by atoms with E-state index >= 15 is 0 Å². The van der Waals surface area contributed by atoms with E-state index in [-0.39, 0.29) is 5.56 Å². The van der Waals surface area contributed by atoms with Gasteiger partial charge in [-0.3, -0.25) is 14.0 Å². The van der Waals surface area contributed by atoms with Crippen LogP contribution in [0.3, 0.4) is 0 Å². The maximum atomic E-state index is 12.7. The van der Waals surface area contributed by atoms with Crippen molar-refractivity contribution in [3.8, 4) is 11.4 Å². The standard InChI is InChI=1S/C15H15ClN4O/c1-3-8-20-14(10-4-6-11(16)7-5-10)18-12-9-17-19(2)13(12)15(20)21/h4-7,9H,3,8H2,1-2H3. The summed E-state index contributed by atoms with van der Waals surface area (Å²) in [5.41, 5.74) is 1.95. The fourth-order valence-electron chi connectivity index (χ4n) is 2.40. The molecule has 0 amide bonds. The van der Waals surface area contributed by atoms with Gasteiger partial charge in [-0.25, -0.2) is 4.98 Å². The summed E-state index contributed by atoms with van der Waals surface area (Å²) in [5, 5.41) is 4.78. The van der Waals surface area contributed by atoms with Gasteiger partial charge in [0.1, 0.15) is 11.3 Å². The number of aromatic nitrogens is 4. The third kappa shape index (κ3) is 2.34. The first-order valence-electron chi connectivity index (χ1n) is 6.80.